The van der Waals surface area contributed by atoms with Crippen LogP contribution in [0.3, 0.4) is 0 Å². The third kappa shape index (κ3) is 4.56. The van der Waals surface area contributed by atoms with Crippen LogP contribution < -0.4 is 5.32 Å². The quantitative estimate of drug-likeness (QED) is 0.754. The fraction of sp³-hybridized carbons (Fsp3) is 0.529. The first-order chi connectivity index (χ1) is 11.5. The van der Waals surface area contributed by atoms with E-state index in [1.807, 2.05) is 6.07 Å². The maximum atomic E-state index is 12.6. The van der Waals surface area contributed by atoms with Gasteiger partial charge in [-0.25, -0.2) is 8.42 Å². The number of aliphatic hydroxyl groups excluding tert-OH is 1. The molecule has 1 fully saturated rings. The van der Waals surface area contributed by atoms with Gasteiger partial charge in [0.05, 0.1) is 23.3 Å². The van der Waals surface area contributed by atoms with Crippen LogP contribution >= 0.6 is 0 Å². The van der Waals surface area contributed by atoms with Crippen LogP contribution in [0, 0.1) is 23.2 Å². The Labute approximate surface area is 142 Å². The van der Waals surface area contributed by atoms with Crippen LogP contribution in [0.4, 0.5) is 0 Å². The standard InChI is InChI=1S/C17H22N2O4S/c18-9-10-19-17(21)16-4-2-1-3-14(16)12-24(22,23)15-7-5-13(11-20)6-8-15/h5-8,14,16,20H,1-4,10-12H2,(H,19,21). The number of nitrogens with zero attached hydrogens (tertiary/aromatic N) is 1. The van der Waals surface area contributed by atoms with E-state index in [1.54, 1.807) is 12.1 Å². The molecular weight excluding hydrogens is 328 g/mol. The molecule has 6 nitrogen and oxygen atoms in total. The number of carbonyl (C=O) groups excluding carboxylic acids is 1. The van der Waals surface area contributed by atoms with Gasteiger partial charge in [0.15, 0.2) is 9.84 Å². The van der Waals surface area contributed by atoms with Crippen molar-refractivity contribution in [2.75, 3.05) is 12.3 Å². The van der Waals surface area contributed by atoms with Gasteiger partial charge in [-0.05, 0) is 36.5 Å². The molecule has 1 saturated carbocycles. The number of hydrogen-bond acceptors (Lipinski definition) is 5. The maximum absolute atomic E-state index is 12.6. The van der Waals surface area contributed by atoms with Gasteiger partial charge in [0.25, 0.3) is 0 Å². The van der Waals surface area contributed by atoms with Crippen LogP contribution in [-0.2, 0) is 21.2 Å². The zero-order valence-corrected chi connectivity index (χ0v) is 14.3. The van der Waals surface area contributed by atoms with Crippen molar-refractivity contribution in [3.63, 3.8) is 0 Å². The molecule has 0 spiro atoms. The van der Waals surface area contributed by atoms with E-state index < -0.39 is 9.84 Å². The van der Waals surface area contributed by atoms with Gasteiger partial charge in [-0.15, -0.1) is 0 Å². The van der Waals surface area contributed by atoms with Crippen molar-refractivity contribution in [2.24, 2.45) is 11.8 Å². The van der Waals surface area contributed by atoms with Crippen molar-refractivity contribution >= 4 is 15.7 Å². The lowest BCUT2D eigenvalue weighted by Crippen LogP contribution is -2.39. The van der Waals surface area contributed by atoms with E-state index in [1.165, 1.54) is 12.1 Å². The summed E-state index contributed by atoms with van der Waals surface area (Å²) in [7, 11) is -3.50. The fourth-order valence-corrected chi connectivity index (χ4v) is 4.90. The molecule has 1 aromatic rings. The van der Waals surface area contributed by atoms with Crippen LogP contribution in [0.25, 0.3) is 0 Å². The Bertz CT molecular complexity index is 707. The zero-order chi connectivity index (χ0) is 17.6. The highest BCUT2D eigenvalue weighted by Gasteiger charge is 2.34. The highest BCUT2D eigenvalue weighted by Crippen LogP contribution is 2.32. The predicted molar refractivity (Wildman–Crippen MR) is 88.5 cm³/mol. The van der Waals surface area contributed by atoms with Crippen LogP contribution in [0.15, 0.2) is 29.2 Å². The summed E-state index contributed by atoms with van der Waals surface area (Å²) in [6.45, 7) is -0.193. The Morgan fingerprint density at radius 2 is 1.92 bits per heavy atom. The van der Waals surface area contributed by atoms with E-state index in [0.29, 0.717) is 18.4 Å². The van der Waals surface area contributed by atoms with Crippen molar-refractivity contribution in [3.8, 4) is 6.07 Å². The van der Waals surface area contributed by atoms with Gasteiger partial charge in [0.2, 0.25) is 5.91 Å². The van der Waals surface area contributed by atoms with Crippen molar-refractivity contribution < 1.29 is 18.3 Å². The molecule has 7 heteroatoms. The third-order valence-electron chi connectivity index (χ3n) is 4.49. The minimum Gasteiger partial charge on any atom is -0.392 e. The molecule has 1 amide bonds. The lowest BCUT2D eigenvalue weighted by molar-refractivity contribution is -0.127. The summed E-state index contributed by atoms with van der Waals surface area (Å²) in [5.41, 5.74) is 0.653. The molecule has 2 unspecified atom stereocenters. The Hall–Kier alpha value is -1.91. The predicted octanol–water partition coefficient (Wildman–Crippen LogP) is 1.40. The number of nitrogens with one attached hydrogen (secondary N) is 1. The molecule has 0 bridgehead atoms. The molecule has 2 rings (SSSR count). The molecule has 2 N–H and O–H groups in total. The number of carbonyl (C=O) groups is 1. The summed E-state index contributed by atoms with van der Waals surface area (Å²) in [5.74, 6) is -0.901. The first-order valence-corrected chi connectivity index (χ1v) is 9.70. The first kappa shape index (κ1) is 18.4. The molecule has 1 aliphatic rings. The Morgan fingerprint density at radius 1 is 1.25 bits per heavy atom. The molecule has 0 aliphatic heterocycles. The molecule has 1 aromatic carbocycles. The van der Waals surface area contributed by atoms with Gasteiger partial charge in [0.1, 0.15) is 6.54 Å². The SMILES string of the molecule is N#CCNC(=O)C1CCCCC1CS(=O)(=O)c1ccc(CO)cc1. The first-order valence-electron chi connectivity index (χ1n) is 8.05. The molecule has 2 atom stereocenters. The van der Waals surface area contributed by atoms with E-state index in [4.69, 9.17) is 10.4 Å². The topological polar surface area (TPSA) is 107 Å². The van der Waals surface area contributed by atoms with E-state index in [9.17, 15) is 13.2 Å². The molecule has 24 heavy (non-hydrogen) atoms. The largest absolute Gasteiger partial charge is 0.392 e. The summed E-state index contributed by atoms with van der Waals surface area (Å²) >= 11 is 0. The average molecular weight is 350 g/mol. The van der Waals surface area contributed by atoms with Crippen LogP contribution in [0.2, 0.25) is 0 Å². The molecule has 0 heterocycles. The average Bonchev–Trinajstić information content (AvgIpc) is 2.60. The highest BCUT2D eigenvalue weighted by molar-refractivity contribution is 7.91. The molecule has 1 aliphatic carbocycles. The summed E-state index contributed by atoms with van der Waals surface area (Å²) in [5, 5.41) is 20.2. The number of amides is 1. The summed E-state index contributed by atoms with van der Waals surface area (Å²) in [6, 6.07) is 8.03. The Balaban J connectivity index is 2.13. The van der Waals surface area contributed by atoms with Crippen molar-refractivity contribution in [1.29, 1.82) is 5.26 Å². The second-order valence-corrected chi connectivity index (χ2v) is 8.14. The molecule has 0 radical (unpaired) electrons. The van der Waals surface area contributed by atoms with Gasteiger partial charge in [-0.3, -0.25) is 4.79 Å². The number of aliphatic hydroxyl groups is 1. The molecule has 130 valence electrons. The van der Waals surface area contributed by atoms with E-state index in [0.717, 1.165) is 12.8 Å². The summed E-state index contributed by atoms with van der Waals surface area (Å²) in [4.78, 5) is 12.4. The Kier molecular flexibility index (Phi) is 6.35. The normalized spacial score (nSPS) is 21.0. The van der Waals surface area contributed by atoms with Crippen LogP contribution in [0.1, 0.15) is 31.2 Å². The van der Waals surface area contributed by atoms with Crippen molar-refractivity contribution in [3.05, 3.63) is 29.8 Å². The third-order valence-corrected chi connectivity index (χ3v) is 6.34. The number of benzene rings is 1. The van der Waals surface area contributed by atoms with E-state index >= 15 is 0 Å². The maximum Gasteiger partial charge on any atom is 0.224 e. The zero-order valence-electron chi connectivity index (χ0n) is 13.4. The number of hydrogen-bond donors (Lipinski definition) is 2. The van der Waals surface area contributed by atoms with Gasteiger partial charge in [-0.2, -0.15) is 5.26 Å². The smallest absolute Gasteiger partial charge is 0.224 e. The summed E-state index contributed by atoms with van der Waals surface area (Å²) in [6.07, 6.45) is 3.15. The lowest BCUT2D eigenvalue weighted by atomic mass is 9.80. The summed E-state index contributed by atoms with van der Waals surface area (Å²) < 4.78 is 25.3. The second-order valence-electron chi connectivity index (χ2n) is 6.11. The number of rotatable bonds is 6. The second kappa shape index (κ2) is 8.27. The monoisotopic (exact) mass is 350 g/mol. The van der Waals surface area contributed by atoms with E-state index in [-0.39, 0.29) is 41.5 Å². The van der Waals surface area contributed by atoms with Gasteiger partial charge in [-0.1, -0.05) is 25.0 Å². The molecular formula is C17H22N2O4S. The van der Waals surface area contributed by atoms with Crippen molar-refractivity contribution in [1.82, 2.24) is 5.32 Å². The highest BCUT2D eigenvalue weighted by atomic mass is 32.2. The van der Waals surface area contributed by atoms with Gasteiger partial charge >= 0.3 is 0 Å². The molecule has 0 saturated heterocycles. The van der Waals surface area contributed by atoms with Crippen LogP contribution in [0.5, 0.6) is 0 Å². The number of sulfone groups is 1. The minimum atomic E-state index is -3.50. The van der Waals surface area contributed by atoms with Crippen molar-refractivity contribution in [2.45, 2.75) is 37.2 Å². The number of nitriles is 1. The van der Waals surface area contributed by atoms with Crippen LogP contribution in [-0.4, -0.2) is 31.7 Å². The van der Waals surface area contributed by atoms with Gasteiger partial charge in [0, 0.05) is 5.92 Å². The van der Waals surface area contributed by atoms with E-state index in [2.05, 4.69) is 5.32 Å². The fourth-order valence-electron chi connectivity index (χ4n) is 3.19. The minimum absolute atomic E-state index is 0.0581. The Morgan fingerprint density at radius 3 is 2.54 bits per heavy atom. The lowest BCUT2D eigenvalue weighted by Gasteiger charge is -2.30. The molecule has 0 aromatic heterocycles. The van der Waals surface area contributed by atoms with Gasteiger partial charge < -0.3 is 10.4 Å².